The van der Waals surface area contributed by atoms with Gasteiger partial charge in [-0.25, -0.2) is 4.98 Å². The quantitative estimate of drug-likeness (QED) is 0.479. The van der Waals surface area contributed by atoms with E-state index in [2.05, 4.69) is 15.5 Å². The fraction of sp³-hybridized carbons (Fsp3) is 0.280. The second kappa shape index (κ2) is 7.88. The fourth-order valence-electron chi connectivity index (χ4n) is 4.58. The third-order valence-corrected chi connectivity index (χ3v) is 5.94. The molecule has 1 N–H and O–H groups in total. The monoisotopic (exact) mass is 444 g/mol. The van der Waals surface area contributed by atoms with Crippen molar-refractivity contribution in [3.05, 3.63) is 58.7 Å². The molecule has 0 saturated heterocycles. The summed E-state index contributed by atoms with van der Waals surface area (Å²) in [6.45, 7) is 7.53. The number of benzene rings is 1. The molecule has 0 saturated carbocycles. The van der Waals surface area contributed by atoms with Crippen molar-refractivity contribution in [1.29, 1.82) is 0 Å². The van der Waals surface area contributed by atoms with Crippen LogP contribution in [0.15, 0.2) is 39.3 Å². The number of aryl methyl sites for hydroxylation is 4. The van der Waals surface area contributed by atoms with Gasteiger partial charge in [-0.3, -0.25) is 9.59 Å². The van der Waals surface area contributed by atoms with Gasteiger partial charge in [-0.15, -0.1) is 0 Å². The molecule has 0 bridgehead atoms. The number of fused-ring (bicyclic) bond motifs is 2. The first-order chi connectivity index (χ1) is 15.8. The van der Waals surface area contributed by atoms with Crippen LogP contribution >= 0.6 is 0 Å². The van der Waals surface area contributed by atoms with Gasteiger partial charge >= 0.3 is 0 Å². The van der Waals surface area contributed by atoms with Crippen LogP contribution in [0.1, 0.15) is 46.5 Å². The minimum absolute atomic E-state index is 0.185. The zero-order chi connectivity index (χ0) is 23.3. The van der Waals surface area contributed by atoms with Gasteiger partial charge in [0.2, 0.25) is 5.91 Å². The van der Waals surface area contributed by atoms with E-state index in [9.17, 15) is 9.59 Å². The van der Waals surface area contributed by atoms with E-state index in [0.717, 1.165) is 35.4 Å². The van der Waals surface area contributed by atoms with Gasteiger partial charge in [0.15, 0.2) is 0 Å². The number of anilines is 2. The van der Waals surface area contributed by atoms with Crippen molar-refractivity contribution in [1.82, 2.24) is 10.1 Å². The second-order valence-electron chi connectivity index (χ2n) is 8.38. The van der Waals surface area contributed by atoms with Gasteiger partial charge in [0, 0.05) is 19.0 Å². The normalized spacial score (nSPS) is 13.3. The molecular formula is C25H24N4O4. The highest BCUT2D eigenvalue weighted by molar-refractivity contribution is 6.16. The Bertz CT molecular complexity index is 1420. The van der Waals surface area contributed by atoms with Crippen LogP contribution in [-0.4, -0.2) is 28.5 Å². The van der Waals surface area contributed by atoms with Crippen LogP contribution in [0.4, 0.5) is 11.4 Å². The van der Waals surface area contributed by atoms with Gasteiger partial charge in [0.1, 0.15) is 11.5 Å². The van der Waals surface area contributed by atoms with Crippen LogP contribution < -0.4 is 10.2 Å². The molecule has 0 aliphatic carbocycles. The molecule has 2 amide bonds. The van der Waals surface area contributed by atoms with Crippen LogP contribution in [-0.2, 0) is 11.2 Å². The molecular weight excluding hydrogens is 420 g/mol. The van der Waals surface area contributed by atoms with E-state index in [-0.39, 0.29) is 11.8 Å². The third-order valence-electron chi connectivity index (χ3n) is 5.94. The third kappa shape index (κ3) is 3.57. The average molecular weight is 444 g/mol. The highest BCUT2D eigenvalue weighted by atomic mass is 16.5. The molecule has 3 aromatic heterocycles. The Labute approximate surface area is 190 Å². The first-order valence-electron chi connectivity index (χ1n) is 10.9. The summed E-state index contributed by atoms with van der Waals surface area (Å²) in [5.74, 6) is 1.10. The van der Waals surface area contributed by atoms with Gasteiger partial charge in [0.05, 0.1) is 33.7 Å². The zero-order valence-electron chi connectivity index (χ0n) is 19.0. The van der Waals surface area contributed by atoms with Crippen molar-refractivity contribution < 1.29 is 18.5 Å². The van der Waals surface area contributed by atoms with Crippen molar-refractivity contribution in [2.75, 3.05) is 16.8 Å². The molecule has 1 aromatic carbocycles. The average Bonchev–Trinajstić information content (AvgIpc) is 3.33. The molecule has 5 rings (SSSR count). The largest absolute Gasteiger partial charge is 0.466 e. The summed E-state index contributed by atoms with van der Waals surface area (Å²) in [5.41, 5.74) is 5.13. The summed E-state index contributed by atoms with van der Waals surface area (Å²) >= 11 is 0. The smallest absolute Gasteiger partial charge is 0.259 e. The lowest BCUT2D eigenvalue weighted by atomic mass is 9.98. The van der Waals surface area contributed by atoms with Crippen molar-refractivity contribution >= 4 is 34.3 Å². The number of aromatic nitrogens is 2. The number of para-hydroxylation sites is 1. The van der Waals surface area contributed by atoms with Crippen molar-refractivity contribution in [3.63, 3.8) is 0 Å². The summed E-state index contributed by atoms with van der Waals surface area (Å²) in [6, 6.07) is 9.39. The number of carbonyl (C=O) groups is 2. The van der Waals surface area contributed by atoms with E-state index < -0.39 is 0 Å². The number of nitrogens with one attached hydrogen (secondary N) is 1. The molecule has 0 spiro atoms. The van der Waals surface area contributed by atoms with E-state index in [1.54, 1.807) is 17.9 Å². The predicted octanol–water partition coefficient (Wildman–Crippen LogP) is 4.96. The first-order valence-corrected chi connectivity index (χ1v) is 10.9. The second-order valence-corrected chi connectivity index (χ2v) is 8.38. The Balaban J connectivity index is 1.68. The van der Waals surface area contributed by atoms with Crippen LogP contribution in [0.5, 0.6) is 0 Å². The van der Waals surface area contributed by atoms with E-state index in [1.807, 2.05) is 38.1 Å². The molecule has 0 radical (unpaired) electrons. The Hall–Kier alpha value is -3.94. The summed E-state index contributed by atoms with van der Waals surface area (Å²) in [6.07, 6.45) is 1.66. The van der Waals surface area contributed by atoms with Crippen LogP contribution in [0.25, 0.3) is 22.4 Å². The predicted molar refractivity (Wildman–Crippen MR) is 124 cm³/mol. The lowest BCUT2D eigenvalue weighted by Crippen LogP contribution is -2.36. The Morgan fingerprint density at radius 3 is 2.70 bits per heavy atom. The molecule has 0 atom stereocenters. The number of amides is 2. The van der Waals surface area contributed by atoms with Crippen molar-refractivity contribution in [2.24, 2.45) is 0 Å². The van der Waals surface area contributed by atoms with E-state index in [4.69, 9.17) is 8.94 Å². The van der Waals surface area contributed by atoms with E-state index in [1.165, 1.54) is 6.92 Å². The van der Waals surface area contributed by atoms with E-state index >= 15 is 0 Å². The highest BCUT2D eigenvalue weighted by Gasteiger charge is 2.30. The molecule has 8 heteroatoms. The maximum Gasteiger partial charge on any atom is 0.259 e. The molecule has 1 aliphatic rings. The summed E-state index contributed by atoms with van der Waals surface area (Å²) < 4.78 is 11.1. The molecule has 0 unspecified atom stereocenters. The minimum Gasteiger partial charge on any atom is -0.466 e. The van der Waals surface area contributed by atoms with E-state index in [0.29, 0.717) is 46.0 Å². The van der Waals surface area contributed by atoms with Crippen LogP contribution in [0.2, 0.25) is 0 Å². The Morgan fingerprint density at radius 2 is 1.97 bits per heavy atom. The van der Waals surface area contributed by atoms with Crippen LogP contribution in [0.3, 0.4) is 0 Å². The number of hydrogen-bond donors (Lipinski definition) is 1. The molecule has 33 heavy (non-hydrogen) atoms. The molecule has 168 valence electrons. The summed E-state index contributed by atoms with van der Waals surface area (Å²) in [4.78, 5) is 32.2. The lowest BCUT2D eigenvalue weighted by molar-refractivity contribution is -0.114. The van der Waals surface area contributed by atoms with Gasteiger partial charge in [-0.2, -0.15) is 0 Å². The number of pyridine rings is 1. The van der Waals surface area contributed by atoms with Gasteiger partial charge in [-0.1, -0.05) is 17.3 Å². The molecule has 1 aliphatic heterocycles. The SMILES string of the molecule is CC(=O)Nc1cccc2c1N(C(=O)c1cc(-c3cc(C)oc3C)nc3onc(C)c13)CCC2. The topological polar surface area (TPSA) is 101 Å². The Morgan fingerprint density at radius 1 is 1.15 bits per heavy atom. The minimum atomic E-state index is -0.188. The number of rotatable bonds is 3. The van der Waals surface area contributed by atoms with Gasteiger partial charge in [0.25, 0.3) is 11.6 Å². The molecule has 8 nitrogen and oxygen atoms in total. The zero-order valence-corrected chi connectivity index (χ0v) is 19.0. The molecule has 4 heterocycles. The summed E-state index contributed by atoms with van der Waals surface area (Å²) in [5, 5.41) is 7.52. The van der Waals surface area contributed by atoms with Crippen LogP contribution in [0, 0.1) is 20.8 Å². The highest BCUT2D eigenvalue weighted by Crippen LogP contribution is 2.37. The number of furan rings is 1. The maximum atomic E-state index is 14.0. The number of nitrogens with zero attached hydrogens (tertiary/aromatic N) is 3. The number of carbonyl (C=O) groups excluding carboxylic acids is 2. The maximum absolute atomic E-state index is 14.0. The first kappa shape index (κ1) is 20.9. The molecule has 0 fully saturated rings. The van der Waals surface area contributed by atoms with Crippen molar-refractivity contribution in [2.45, 2.75) is 40.5 Å². The van der Waals surface area contributed by atoms with Crippen molar-refractivity contribution in [3.8, 4) is 11.3 Å². The summed E-state index contributed by atoms with van der Waals surface area (Å²) in [7, 11) is 0. The molecule has 4 aromatic rings. The fourth-order valence-corrected chi connectivity index (χ4v) is 4.58. The van der Waals surface area contributed by atoms with Gasteiger partial charge < -0.3 is 19.2 Å². The standard InChI is InChI=1S/C25H24N4O4/c1-13-11-18(15(3)32-13)21-12-19(22-14(2)28-33-24(22)27-21)25(31)29-10-6-8-17-7-5-9-20(23(17)29)26-16(4)30/h5,7,9,11-12H,6,8,10H2,1-4H3,(H,26,30). The Kier molecular flexibility index (Phi) is 5.00. The lowest BCUT2D eigenvalue weighted by Gasteiger charge is -2.31. The van der Waals surface area contributed by atoms with Gasteiger partial charge in [-0.05, 0) is 57.4 Å². The number of hydrogen-bond acceptors (Lipinski definition) is 6.